The van der Waals surface area contributed by atoms with Gasteiger partial charge in [0.25, 0.3) is 0 Å². The van der Waals surface area contributed by atoms with Gasteiger partial charge in [0.15, 0.2) is 0 Å². The van der Waals surface area contributed by atoms with Crippen LogP contribution in [-0.4, -0.2) is 70.6 Å². The van der Waals surface area contributed by atoms with Crippen molar-refractivity contribution >= 4 is 0 Å². The summed E-state index contributed by atoms with van der Waals surface area (Å²) >= 11 is 0. The highest BCUT2D eigenvalue weighted by Gasteiger charge is 2.50. The third-order valence-electron chi connectivity index (χ3n) is 14.6. The lowest BCUT2D eigenvalue weighted by molar-refractivity contribution is 0.157. The molecule has 0 spiro atoms. The molecule has 12 atom stereocenters. The predicted molar refractivity (Wildman–Crippen MR) is 177 cm³/mol. The normalized spacial score (nSPS) is 48.8. The van der Waals surface area contributed by atoms with Gasteiger partial charge >= 0.3 is 0 Å². The molecule has 40 heavy (non-hydrogen) atoms. The number of hydrogen-bond donors (Lipinski definition) is 0. The average molecular weight is 554 g/mol. The van der Waals surface area contributed by atoms with Crippen LogP contribution in [0.2, 0.25) is 0 Å². The summed E-state index contributed by atoms with van der Waals surface area (Å²) in [5, 5.41) is 0. The third-order valence-corrected chi connectivity index (χ3v) is 14.6. The maximum Gasteiger partial charge on any atom is 0.0282 e. The molecule has 6 heterocycles. The van der Waals surface area contributed by atoms with Crippen LogP contribution in [0, 0.1) is 16.2 Å². The van der Waals surface area contributed by atoms with E-state index in [0.29, 0.717) is 34.4 Å². The molecule has 0 saturated carbocycles. The molecule has 6 aliphatic heterocycles. The van der Waals surface area contributed by atoms with Crippen LogP contribution in [0.25, 0.3) is 0 Å². The van der Waals surface area contributed by atoms with E-state index in [0.717, 1.165) is 18.1 Å². The van der Waals surface area contributed by atoms with Crippen LogP contribution < -0.4 is 0 Å². The summed E-state index contributed by atoms with van der Waals surface area (Å²) in [6, 6.07) is 4.24. The van der Waals surface area contributed by atoms with E-state index in [4.69, 9.17) is 0 Å². The molecule has 230 valence electrons. The number of hydrogen-bond acceptors (Lipinski definition) is 3. The van der Waals surface area contributed by atoms with Gasteiger partial charge in [-0.2, -0.15) is 0 Å². The number of nitrogens with zero attached hydrogens (tertiary/aromatic N) is 3. The Morgan fingerprint density at radius 2 is 0.650 bits per heavy atom. The monoisotopic (exact) mass is 554 g/mol. The maximum atomic E-state index is 2.66. The van der Waals surface area contributed by atoms with Crippen LogP contribution in [0.5, 0.6) is 0 Å². The third kappa shape index (κ3) is 4.73. The van der Waals surface area contributed by atoms with Crippen molar-refractivity contribution in [3.8, 4) is 0 Å². The zero-order valence-corrected chi connectivity index (χ0v) is 28.5. The van der Waals surface area contributed by atoms with Crippen molar-refractivity contribution in [2.45, 2.75) is 167 Å². The first kappa shape index (κ1) is 33.6. The van der Waals surface area contributed by atoms with Crippen molar-refractivity contribution < 1.29 is 0 Å². The summed E-state index contributed by atoms with van der Waals surface area (Å²) < 4.78 is 0. The van der Waals surface area contributed by atoms with Gasteiger partial charge in [-0.25, -0.2) is 0 Å². The molecule has 3 nitrogen and oxygen atoms in total. The Balaban J connectivity index is 0.000000163. The number of fused-ring (bicyclic) bond motifs is 6. The van der Waals surface area contributed by atoms with Crippen LogP contribution in [-0.2, 0) is 0 Å². The molecule has 0 aromatic carbocycles. The maximum absolute atomic E-state index is 2.66. The Bertz CT molecular complexity index is 932. The van der Waals surface area contributed by atoms with Crippen LogP contribution in [0.15, 0.2) is 33.4 Å². The van der Waals surface area contributed by atoms with Gasteiger partial charge in [0, 0.05) is 52.5 Å². The minimum Gasteiger partial charge on any atom is -0.293 e. The van der Waals surface area contributed by atoms with Gasteiger partial charge in [0.1, 0.15) is 0 Å². The van der Waals surface area contributed by atoms with E-state index >= 15 is 0 Å². The summed E-state index contributed by atoms with van der Waals surface area (Å²) in [6.07, 6.45) is 4.05. The lowest BCUT2D eigenvalue weighted by atomic mass is 9.72. The highest BCUT2D eigenvalue weighted by Crippen LogP contribution is 2.51. The Hall–Kier alpha value is -0.900. The standard InChI is InChI=1S/3C12H21N.CH4/c3*1-8-9(2)12(5)6-7-13(10(8)3)11(12)4;/h3*10-11H,6-7H2,1-5H3;1H4/t2*10?,11?,12-;;/m10../s1. The second-order valence-electron chi connectivity index (χ2n) is 15.2. The Labute approximate surface area is 250 Å². The predicted octanol–water partition coefficient (Wildman–Crippen LogP) is 9.11. The minimum atomic E-state index is 0. The lowest BCUT2D eigenvalue weighted by Gasteiger charge is -2.43. The Morgan fingerprint density at radius 1 is 0.450 bits per heavy atom. The van der Waals surface area contributed by atoms with Crippen LogP contribution in [0.4, 0.5) is 0 Å². The highest BCUT2D eigenvalue weighted by molar-refractivity contribution is 5.32. The molecular formula is C37H67N3. The molecule has 10 unspecified atom stereocenters. The van der Waals surface area contributed by atoms with Gasteiger partial charge in [-0.1, -0.05) is 61.6 Å². The van der Waals surface area contributed by atoms with Crippen molar-refractivity contribution in [1.82, 2.24) is 14.7 Å². The van der Waals surface area contributed by atoms with E-state index in [1.54, 1.807) is 33.4 Å². The largest absolute Gasteiger partial charge is 0.293 e. The van der Waals surface area contributed by atoms with Crippen molar-refractivity contribution in [2.24, 2.45) is 16.2 Å². The van der Waals surface area contributed by atoms with Gasteiger partial charge in [0.05, 0.1) is 0 Å². The molecule has 3 saturated heterocycles. The second-order valence-corrected chi connectivity index (χ2v) is 15.2. The van der Waals surface area contributed by atoms with E-state index in [-0.39, 0.29) is 7.43 Å². The zero-order valence-electron chi connectivity index (χ0n) is 28.5. The fourth-order valence-corrected chi connectivity index (χ4v) is 9.52. The van der Waals surface area contributed by atoms with Crippen LogP contribution in [0.3, 0.4) is 0 Å². The molecule has 0 aromatic rings. The summed E-state index contributed by atoms with van der Waals surface area (Å²) in [4.78, 5) is 7.97. The molecule has 0 aromatic heterocycles. The van der Waals surface area contributed by atoms with E-state index in [2.05, 4.69) is 119 Å². The first-order chi connectivity index (χ1) is 17.9. The molecule has 3 fully saturated rings. The van der Waals surface area contributed by atoms with Crippen molar-refractivity contribution in [3.05, 3.63) is 33.4 Å². The molecule has 0 aliphatic carbocycles. The number of rotatable bonds is 0. The zero-order chi connectivity index (χ0) is 29.4. The Kier molecular flexibility index (Phi) is 9.50. The lowest BCUT2D eigenvalue weighted by Crippen LogP contribution is -2.46. The molecule has 3 heteroatoms. The van der Waals surface area contributed by atoms with Gasteiger partial charge < -0.3 is 0 Å². The first-order valence-electron chi connectivity index (χ1n) is 16.3. The molecule has 0 amide bonds. The average Bonchev–Trinajstić information content (AvgIpc) is 3.45. The highest BCUT2D eigenvalue weighted by atomic mass is 15.2. The summed E-state index contributed by atoms with van der Waals surface area (Å²) in [6.45, 7) is 39.3. The summed E-state index contributed by atoms with van der Waals surface area (Å²) in [5.74, 6) is 0. The van der Waals surface area contributed by atoms with Crippen molar-refractivity contribution in [3.63, 3.8) is 0 Å². The molecule has 6 bridgehead atoms. The van der Waals surface area contributed by atoms with E-state index in [1.807, 2.05) is 0 Å². The molecule has 0 radical (unpaired) electrons. The molecule has 6 aliphatic rings. The minimum absolute atomic E-state index is 0. The molecular weight excluding hydrogens is 486 g/mol. The topological polar surface area (TPSA) is 9.72 Å². The Morgan fingerprint density at radius 3 is 0.850 bits per heavy atom. The van der Waals surface area contributed by atoms with Crippen LogP contribution >= 0.6 is 0 Å². The summed E-state index contributed by atoms with van der Waals surface area (Å²) in [5.41, 5.74) is 11.2. The van der Waals surface area contributed by atoms with Gasteiger partial charge in [-0.3, -0.25) is 14.7 Å². The molecule has 6 rings (SSSR count). The van der Waals surface area contributed by atoms with Crippen molar-refractivity contribution in [2.75, 3.05) is 19.6 Å². The second kappa shape index (κ2) is 11.3. The molecule has 0 N–H and O–H groups in total. The fourth-order valence-electron chi connectivity index (χ4n) is 9.52. The van der Waals surface area contributed by atoms with Gasteiger partial charge in [0.2, 0.25) is 0 Å². The van der Waals surface area contributed by atoms with E-state index < -0.39 is 0 Å². The summed E-state index contributed by atoms with van der Waals surface area (Å²) in [7, 11) is 0. The fraction of sp³-hybridized carbons (Fsp3) is 0.838. The SMILES string of the molecule is C.CC1=C(C)C2(C)CCN(C1C)C2C.CC1=C(C)[C@@]2(C)CCN(C1C)C2C.CC1=C(C)[C@]2(C)CCN(C1C)C2C. The first-order valence-corrected chi connectivity index (χ1v) is 16.3. The van der Waals surface area contributed by atoms with Gasteiger partial charge in [-0.15, -0.1) is 0 Å². The quantitative estimate of drug-likeness (QED) is 0.277. The van der Waals surface area contributed by atoms with E-state index in [1.165, 1.54) is 38.9 Å². The van der Waals surface area contributed by atoms with E-state index in [9.17, 15) is 0 Å². The van der Waals surface area contributed by atoms with Gasteiger partial charge in [-0.05, 0) is 122 Å². The van der Waals surface area contributed by atoms with Crippen molar-refractivity contribution in [1.29, 1.82) is 0 Å². The smallest absolute Gasteiger partial charge is 0.0282 e. The van der Waals surface area contributed by atoms with Crippen LogP contribution in [0.1, 0.15) is 131 Å².